The molecule has 1 unspecified atom stereocenters. The van der Waals surface area contributed by atoms with Gasteiger partial charge in [-0.3, -0.25) is 0 Å². The lowest BCUT2D eigenvalue weighted by molar-refractivity contribution is 0.544. The van der Waals surface area contributed by atoms with Crippen LogP contribution in [0, 0.1) is 0 Å². The van der Waals surface area contributed by atoms with Crippen LogP contribution in [0.2, 0.25) is 0 Å². The van der Waals surface area contributed by atoms with Gasteiger partial charge in [-0.15, -0.1) is 0 Å². The molecule has 0 N–H and O–H groups in total. The lowest BCUT2D eigenvalue weighted by Crippen LogP contribution is -1.96. The fourth-order valence-corrected chi connectivity index (χ4v) is 1.33. The Morgan fingerprint density at radius 3 is 2.82 bits per heavy atom. The third-order valence-corrected chi connectivity index (χ3v) is 2.00. The molecule has 1 heterocycles. The summed E-state index contributed by atoms with van der Waals surface area (Å²) in [5.74, 6) is 0.596. The molecule has 0 fully saturated rings. The van der Waals surface area contributed by atoms with Gasteiger partial charge in [-0.2, -0.15) is 0 Å². The van der Waals surface area contributed by atoms with Gasteiger partial charge >= 0.3 is 0 Å². The highest BCUT2D eigenvalue weighted by atomic mass is 16.3. The van der Waals surface area contributed by atoms with Crippen LogP contribution in [0.4, 0.5) is 0 Å². The number of rotatable bonds is 4. The fraction of sp³-hybridized carbons (Fsp3) is 0.667. The smallest absolute Gasteiger partial charge is 0.180 e. The lowest BCUT2D eigenvalue weighted by Gasteiger charge is -2.08. The summed E-state index contributed by atoms with van der Waals surface area (Å²) >= 11 is 0. The molecule has 0 amide bonds. The van der Waals surface area contributed by atoms with Crippen molar-refractivity contribution in [2.75, 3.05) is 0 Å². The highest BCUT2D eigenvalue weighted by molar-refractivity contribution is 5.00. The van der Waals surface area contributed by atoms with E-state index < -0.39 is 0 Å². The van der Waals surface area contributed by atoms with Crippen LogP contribution in [-0.2, 0) is 0 Å². The van der Waals surface area contributed by atoms with Gasteiger partial charge in [0.05, 0.1) is 5.69 Å². The van der Waals surface area contributed by atoms with Crippen LogP contribution in [0.1, 0.15) is 44.7 Å². The van der Waals surface area contributed by atoms with E-state index in [9.17, 15) is 0 Å². The van der Waals surface area contributed by atoms with Crippen LogP contribution in [0.25, 0.3) is 0 Å². The summed E-state index contributed by atoms with van der Waals surface area (Å²) in [6, 6.07) is 0. The zero-order valence-corrected chi connectivity index (χ0v) is 7.21. The molecule has 2 heteroatoms. The van der Waals surface area contributed by atoms with Gasteiger partial charge in [-0.25, -0.2) is 4.98 Å². The van der Waals surface area contributed by atoms with Crippen molar-refractivity contribution < 1.29 is 4.42 Å². The van der Waals surface area contributed by atoms with Crippen molar-refractivity contribution in [2.45, 2.75) is 39.0 Å². The summed E-state index contributed by atoms with van der Waals surface area (Å²) in [4.78, 5) is 4.14. The number of aromatic nitrogens is 1. The minimum atomic E-state index is 0.596. The average molecular weight is 153 g/mol. The van der Waals surface area contributed by atoms with Crippen LogP contribution in [0.5, 0.6) is 0 Å². The van der Waals surface area contributed by atoms with Crippen molar-refractivity contribution >= 4 is 0 Å². The van der Waals surface area contributed by atoms with Gasteiger partial charge in [-0.1, -0.05) is 20.3 Å². The van der Waals surface area contributed by atoms with Crippen LogP contribution in [0.3, 0.4) is 0 Å². The van der Waals surface area contributed by atoms with E-state index in [4.69, 9.17) is 4.42 Å². The van der Waals surface area contributed by atoms with Crippen molar-refractivity contribution in [3.63, 3.8) is 0 Å². The average Bonchev–Trinajstić information content (AvgIpc) is 2.52. The van der Waals surface area contributed by atoms with E-state index in [1.54, 1.807) is 6.26 Å². The molecule has 0 saturated carbocycles. The zero-order chi connectivity index (χ0) is 8.10. The Kier molecular flexibility index (Phi) is 3.14. The third-order valence-electron chi connectivity index (χ3n) is 2.00. The number of nitrogens with zero attached hydrogens (tertiary/aromatic N) is 1. The van der Waals surface area contributed by atoms with E-state index in [0.717, 1.165) is 12.1 Å². The standard InChI is InChI=1S/C9H15NO/c1-3-5-8(4-2)9-6-11-7-10-9/h6-8H,3-5H2,1-2H3. The highest BCUT2D eigenvalue weighted by Gasteiger charge is 2.09. The van der Waals surface area contributed by atoms with Crippen molar-refractivity contribution in [2.24, 2.45) is 0 Å². The monoisotopic (exact) mass is 153 g/mol. The maximum absolute atomic E-state index is 4.93. The zero-order valence-electron chi connectivity index (χ0n) is 7.21. The Labute approximate surface area is 67.6 Å². The molecule has 0 aliphatic carbocycles. The molecule has 1 rings (SSSR count). The van der Waals surface area contributed by atoms with Gasteiger partial charge in [0.25, 0.3) is 0 Å². The first kappa shape index (κ1) is 8.31. The van der Waals surface area contributed by atoms with E-state index in [-0.39, 0.29) is 0 Å². The first-order valence-corrected chi connectivity index (χ1v) is 4.26. The summed E-state index contributed by atoms with van der Waals surface area (Å²) < 4.78 is 4.93. The fourth-order valence-electron chi connectivity index (χ4n) is 1.33. The Morgan fingerprint density at radius 1 is 1.55 bits per heavy atom. The lowest BCUT2D eigenvalue weighted by atomic mass is 9.98. The molecule has 0 aliphatic heterocycles. The molecule has 0 radical (unpaired) electrons. The van der Waals surface area contributed by atoms with E-state index in [1.807, 2.05) is 0 Å². The molecule has 0 bridgehead atoms. The van der Waals surface area contributed by atoms with Crippen molar-refractivity contribution in [3.8, 4) is 0 Å². The second-order valence-electron chi connectivity index (χ2n) is 2.81. The second kappa shape index (κ2) is 4.16. The Balaban J connectivity index is 2.56. The second-order valence-corrected chi connectivity index (χ2v) is 2.81. The van der Waals surface area contributed by atoms with Crippen LogP contribution in [0.15, 0.2) is 17.1 Å². The van der Waals surface area contributed by atoms with Gasteiger partial charge in [-0.05, 0) is 12.8 Å². The summed E-state index contributed by atoms with van der Waals surface area (Å²) in [5, 5.41) is 0. The molecule has 1 atom stereocenters. The topological polar surface area (TPSA) is 26.0 Å². The number of hydrogen-bond donors (Lipinski definition) is 0. The molecular weight excluding hydrogens is 138 g/mol. The summed E-state index contributed by atoms with van der Waals surface area (Å²) in [6.07, 6.45) is 6.84. The van der Waals surface area contributed by atoms with Crippen LogP contribution in [-0.4, -0.2) is 4.98 Å². The van der Waals surface area contributed by atoms with Gasteiger partial charge in [0.15, 0.2) is 6.39 Å². The van der Waals surface area contributed by atoms with Crippen LogP contribution < -0.4 is 0 Å². The molecule has 2 nitrogen and oxygen atoms in total. The van der Waals surface area contributed by atoms with Crippen LogP contribution >= 0.6 is 0 Å². The summed E-state index contributed by atoms with van der Waals surface area (Å²) in [6.45, 7) is 4.39. The molecule has 0 spiro atoms. The molecule has 11 heavy (non-hydrogen) atoms. The van der Waals surface area contributed by atoms with E-state index in [1.165, 1.54) is 19.2 Å². The quantitative estimate of drug-likeness (QED) is 0.664. The van der Waals surface area contributed by atoms with Gasteiger partial charge in [0.2, 0.25) is 0 Å². The maximum atomic E-state index is 4.93. The van der Waals surface area contributed by atoms with E-state index >= 15 is 0 Å². The predicted molar refractivity (Wildman–Crippen MR) is 44.4 cm³/mol. The van der Waals surface area contributed by atoms with Gasteiger partial charge in [0, 0.05) is 5.92 Å². The molecule has 1 aromatic heterocycles. The largest absolute Gasteiger partial charge is 0.451 e. The normalized spacial score (nSPS) is 13.3. The minimum Gasteiger partial charge on any atom is -0.451 e. The Morgan fingerprint density at radius 2 is 2.36 bits per heavy atom. The maximum Gasteiger partial charge on any atom is 0.180 e. The van der Waals surface area contributed by atoms with Gasteiger partial charge in [0.1, 0.15) is 6.26 Å². The van der Waals surface area contributed by atoms with Crippen molar-refractivity contribution in [3.05, 3.63) is 18.4 Å². The molecular formula is C9H15NO. The molecule has 1 aromatic rings. The summed E-state index contributed by atoms with van der Waals surface area (Å²) in [7, 11) is 0. The molecule has 0 aliphatic rings. The molecule has 0 saturated heterocycles. The van der Waals surface area contributed by atoms with Gasteiger partial charge < -0.3 is 4.42 Å². The molecule has 0 aromatic carbocycles. The number of hydrogen-bond acceptors (Lipinski definition) is 2. The SMILES string of the molecule is CCCC(CC)c1cocn1. The first-order chi connectivity index (χ1) is 5.38. The van der Waals surface area contributed by atoms with E-state index in [0.29, 0.717) is 5.92 Å². The Hall–Kier alpha value is -0.790. The summed E-state index contributed by atoms with van der Waals surface area (Å²) in [5.41, 5.74) is 1.11. The predicted octanol–water partition coefficient (Wildman–Crippen LogP) is 2.97. The number of oxazole rings is 1. The minimum absolute atomic E-state index is 0.596. The first-order valence-electron chi connectivity index (χ1n) is 4.26. The molecule has 62 valence electrons. The third kappa shape index (κ3) is 2.07. The Bertz CT molecular complexity index is 181. The highest BCUT2D eigenvalue weighted by Crippen LogP contribution is 2.22. The van der Waals surface area contributed by atoms with E-state index in [2.05, 4.69) is 18.8 Å². The van der Waals surface area contributed by atoms with Crippen molar-refractivity contribution in [1.29, 1.82) is 0 Å². The van der Waals surface area contributed by atoms with Crippen molar-refractivity contribution in [1.82, 2.24) is 4.98 Å².